The summed E-state index contributed by atoms with van der Waals surface area (Å²) in [5, 5.41) is 9.42. The normalized spacial score (nSPS) is 10.9. The predicted octanol–water partition coefficient (Wildman–Crippen LogP) is 2.12. The number of rotatable bonds is 4. The number of benzene rings is 1. The fourth-order valence-corrected chi connectivity index (χ4v) is 1.50. The summed E-state index contributed by atoms with van der Waals surface area (Å²) >= 11 is 5.99. The van der Waals surface area contributed by atoms with E-state index < -0.39 is 6.29 Å². The van der Waals surface area contributed by atoms with E-state index in [0.29, 0.717) is 5.02 Å². The molecule has 1 aromatic carbocycles. The van der Waals surface area contributed by atoms with E-state index in [0.717, 1.165) is 11.1 Å². The molecule has 0 heterocycles. The summed E-state index contributed by atoms with van der Waals surface area (Å²) in [5.41, 5.74) is 1.53. The van der Waals surface area contributed by atoms with Gasteiger partial charge in [-0.3, -0.25) is 0 Å². The van der Waals surface area contributed by atoms with Crippen LogP contribution in [0.4, 0.5) is 0 Å². The van der Waals surface area contributed by atoms with Crippen LogP contribution in [-0.2, 0) is 16.1 Å². The maximum absolute atomic E-state index is 8.88. The Kier molecular flexibility index (Phi) is 4.35. The average molecular weight is 217 g/mol. The number of hydrogen-bond acceptors (Lipinski definition) is 3. The maximum atomic E-state index is 8.88. The molecule has 0 saturated heterocycles. The third-order valence-corrected chi connectivity index (χ3v) is 2.26. The number of aliphatic hydroxyl groups is 1. The minimum absolute atomic E-state index is 0.0232. The highest BCUT2D eigenvalue weighted by Gasteiger charge is 2.12. The molecule has 78 valence electrons. The first kappa shape index (κ1) is 11.5. The fraction of sp³-hybridized carbons (Fsp3) is 0.400. The van der Waals surface area contributed by atoms with Crippen molar-refractivity contribution in [1.29, 1.82) is 0 Å². The Balaban J connectivity index is 2.98. The van der Waals surface area contributed by atoms with Gasteiger partial charge in [0.1, 0.15) is 0 Å². The third kappa shape index (κ3) is 2.45. The Morgan fingerprint density at radius 1 is 1.36 bits per heavy atom. The molecule has 0 aliphatic heterocycles. The fourth-order valence-electron chi connectivity index (χ4n) is 1.21. The lowest BCUT2D eigenvalue weighted by atomic mass is 10.1. The van der Waals surface area contributed by atoms with Gasteiger partial charge in [0.2, 0.25) is 0 Å². The second kappa shape index (κ2) is 5.32. The van der Waals surface area contributed by atoms with Crippen LogP contribution in [0, 0.1) is 0 Å². The van der Waals surface area contributed by atoms with E-state index in [-0.39, 0.29) is 6.61 Å². The Labute approximate surface area is 88.2 Å². The summed E-state index contributed by atoms with van der Waals surface area (Å²) in [5.74, 6) is 0. The molecule has 0 aliphatic rings. The van der Waals surface area contributed by atoms with Crippen LogP contribution >= 0.6 is 11.6 Å². The van der Waals surface area contributed by atoms with Crippen molar-refractivity contribution < 1.29 is 14.6 Å². The van der Waals surface area contributed by atoms with Gasteiger partial charge in [-0.15, -0.1) is 0 Å². The molecule has 0 spiro atoms. The molecule has 1 rings (SSSR count). The summed E-state index contributed by atoms with van der Waals surface area (Å²) in [7, 11) is 3.09. The lowest BCUT2D eigenvalue weighted by Crippen LogP contribution is -2.04. The van der Waals surface area contributed by atoms with Crippen molar-refractivity contribution in [3.8, 4) is 0 Å². The monoisotopic (exact) mass is 216 g/mol. The van der Waals surface area contributed by atoms with Gasteiger partial charge in [0.25, 0.3) is 0 Å². The second-order valence-electron chi connectivity index (χ2n) is 2.82. The van der Waals surface area contributed by atoms with E-state index in [1.165, 1.54) is 0 Å². The number of ether oxygens (including phenoxy) is 2. The van der Waals surface area contributed by atoms with E-state index in [2.05, 4.69) is 0 Å². The highest BCUT2D eigenvalue weighted by molar-refractivity contribution is 6.31. The van der Waals surface area contributed by atoms with Gasteiger partial charge >= 0.3 is 0 Å². The first-order valence-electron chi connectivity index (χ1n) is 4.17. The molecule has 3 nitrogen and oxygen atoms in total. The number of methoxy groups -OCH3 is 2. The summed E-state index contributed by atoms with van der Waals surface area (Å²) < 4.78 is 10.1. The van der Waals surface area contributed by atoms with Crippen molar-refractivity contribution in [1.82, 2.24) is 0 Å². The van der Waals surface area contributed by atoms with Crippen molar-refractivity contribution in [2.75, 3.05) is 14.2 Å². The molecule has 0 saturated carbocycles. The quantitative estimate of drug-likeness (QED) is 0.784. The minimum atomic E-state index is -0.463. The zero-order valence-corrected chi connectivity index (χ0v) is 8.91. The molecule has 0 unspecified atom stereocenters. The minimum Gasteiger partial charge on any atom is -0.392 e. The molecular weight excluding hydrogens is 204 g/mol. The highest BCUT2D eigenvalue weighted by atomic mass is 35.5. The Morgan fingerprint density at radius 2 is 2.00 bits per heavy atom. The highest BCUT2D eigenvalue weighted by Crippen LogP contribution is 2.26. The van der Waals surface area contributed by atoms with E-state index in [1.54, 1.807) is 32.4 Å². The SMILES string of the molecule is COC(OC)c1ccc(CO)cc1Cl. The zero-order chi connectivity index (χ0) is 10.6. The van der Waals surface area contributed by atoms with Crippen LogP contribution in [0.1, 0.15) is 17.4 Å². The van der Waals surface area contributed by atoms with Crippen LogP contribution < -0.4 is 0 Å². The van der Waals surface area contributed by atoms with Gasteiger partial charge in [-0.25, -0.2) is 0 Å². The summed E-state index contributed by atoms with van der Waals surface area (Å²) in [6.07, 6.45) is -0.463. The van der Waals surface area contributed by atoms with E-state index in [1.807, 2.05) is 0 Å². The van der Waals surface area contributed by atoms with E-state index >= 15 is 0 Å². The van der Waals surface area contributed by atoms with Gasteiger partial charge in [0, 0.05) is 24.8 Å². The molecule has 0 aliphatic carbocycles. The van der Waals surface area contributed by atoms with Gasteiger partial charge in [-0.05, 0) is 11.6 Å². The third-order valence-electron chi connectivity index (χ3n) is 1.93. The van der Waals surface area contributed by atoms with Crippen LogP contribution in [0.25, 0.3) is 0 Å². The lowest BCUT2D eigenvalue weighted by molar-refractivity contribution is -0.105. The number of halogens is 1. The standard InChI is InChI=1S/C10H13ClO3/c1-13-10(14-2)8-4-3-7(6-12)5-9(8)11/h3-5,10,12H,6H2,1-2H3. The first-order chi connectivity index (χ1) is 6.72. The maximum Gasteiger partial charge on any atom is 0.184 e. The molecule has 0 radical (unpaired) electrons. The first-order valence-corrected chi connectivity index (χ1v) is 4.55. The molecular formula is C10H13ClO3. The van der Waals surface area contributed by atoms with Crippen LogP contribution in [0.5, 0.6) is 0 Å². The molecule has 0 bridgehead atoms. The lowest BCUT2D eigenvalue weighted by Gasteiger charge is -2.15. The van der Waals surface area contributed by atoms with Gasteiger partial charge in [0.05, 0.1) is 6.61 Å². The van der Waals surface area contributed by atoms with Gasteiger partial charge in [-0.1, -0.05) is 23.7 Å². The number of aliphatic hydroxyl groups excluding tert-OH is 1. The molecule has 1 aromatic rings. The van der Waals surface area contributed by atoms with Gasteiger partial charge < -0.3 is 14.6 Å². The van der Waals surface area contributed by atoms with Crippen molar-refractivity contribution >= 4 is 11.6 Å². The Hall–Kier alpha value is -0.610. The van der Waals surface area contributed by atoms with Crippen molar-refractivity contribution in [3.63, 3.8) is 0 Å². The Morgan fingerprint density at radius 3 is 2.43 bits per heavy atom. The molecule has 0 amide bonds. The van der Waals surface area contributed by atoms with Crippen LogP contribution in [0.3, 0.4) is 0 Å². The average Bonchev–Trinajstić information content (AvgIpc) is 2.22. The molecule has 0 fully saturated rings. The molecule has 1 N–H and O–H groups in total. The molecule has 0 aromatic heterocycles. The summed E-state index contributed by atoms with van der Waals surface area (Å²) in [6.45, 7) is -0.0232. The van der Waals surface area contributed by atoms with Crippen molar-refractivity contribution in [3.05, 3.63) is 34.3 Å². The smallest absolute Gasteiger partial charge is 0.184 e. The molecule has 14 heavy (non-hydrogen) atoms. The van der Waals surface area contributed by atoms with Crippen molar-refractivity contribution in [2.45, 2.75) is 12.9 Å². The Bertz CT molecular complexity index is 297. The largest absolute Gasteiger partial charge is 0.392 e. The van der Waals surface area contributed by atoms with E-state index in [4.69, 9.17) is 26.2 Å². The van der Waals surface area contributed by atoms with Crippen molar-refractivity contribution in [2.24, 2.45) is 0 Å². The van der Waals surface area contributed by atoms with Gasteiger partial charge in [0.15, 0.2) is 6.29 Å². The second-order valence-corrected chi connectivity index (χ2v) is 3.22. The summed E-state index contributed by atoms with van der Waals surface area (Å²) in [4.78, 5) is 0. The zero-order valence-electron chi connectivity index (χ0n) is 8.16. The molecule has 0 atom stereocenters. The number of hydrogen-bond donors (Lipinski definition) is 1. The van der Waals surface area contributed by atoms with E-state index in [9.17, 15) is 0 Å². The van der Waals surface area contributed by atoms with Crippen LogP contribution in [0.2, 0.25) is 5.02 Å². The topological polar surface area (TPSA) is 38.7 Å². The van der Waals surface area contributed by atoms with Gasteiger partial charge in [-0.2, -0.15) is 0 Å². The molecule has 4 heteroatoms. The predicted molar refractivity (Wildman–Crippen MR) is 54.1 cm³/mol. The van der Waals surface area contributed by atoms with Crippen LogP contribution in [0.15, 0.2) is 18.2 Å². The van der Waals surface area contributed by atoms with Crippen LogP contribution in [-0.4, -0.2) is 19.3 Å². The summed E-state index contributed by atoms with van der Waals surface area (Å²) in [6, 6.07) is 5.26.